The summed E-state index contributed by atoms with van der Waals surface area (Å²) in [7, 11) is 0. The lowest BCUT2D eigenvalue weighted by atomic mass is 9.63. The molecule has 2 heteroatoms. The van der Waals surface area contributed by atoms with Gasteiger partial charge in [0.05, 0.1) is 16.2 Å². The molecule has 65 heavy (non-hydrogen) atoms. The zero-order valence-corrected chi connectivity index (χ0v) is 36.9. The molecule has 0 unspecified atom stereocenters. The number of fused-ring (bicyclic) bond motifs is 21. The second-order valence-corrected chi connectivity index (χ2v) is 20.3. The minimum absolute atomic E-state index is 0.490. The Morgan fingerprint density at radius 3 is 0.769 bits per heavy atom. The van der Waals surface area contributed by atoms with Crippen LogP contribution in [0.2, 0.25) is 0 Å². The van der Waals surface area contributed by atoms with E-state index in [1.807, 2.05) is 23.5 Å². The van der Waals surface area contributed by atoms with E-state index in [2.05, 4.69) is 231 Å². The molecule has 0 N–H and O–H groups in total. The predicted octanol–water partition coefficient (Wildman–Crippen LogP) is 15.7. The van der Waals surface area contributed by atoms with Crippen molar-refractivity contribution in [2.45, 2.75) is 35.8 Å². The molecule has 0 fully saturated rings. The van der Waals surface area contributed by atoms with Gasteiger partial charge in [-0.2, -0.15) is 0 Å². The van der Waals surface area contributed by atoms with E-state index in [1.54, 1.807) is 0 Å². The second-order valence-electron chi connectivity index (χ2n) is 18.1. The molecule has 15 rings (SSSR count). The van der Waals surface area contributed by atoms with Crippen LogP contribution in [0.3, 0.4) is 0 Å². The average molecular weight is 859 g/mol. The lowest BCUT2D eigenvalue weighted by Gasteiger charge is -2.41. The van der Waals surface area contributed by atoms with Crippen molar-refractivity contribution in [1.29, 1.82) is 0 Å². The van der Waals surface area contributed by atoms with Gasteiger partial charge in [-0.25, -0.2) is 0 Å². The molecule has 5 aliphatic rings. The Hall–Kier alpha value is -7.10. The zero-order valence-electron chi connectivity index (χ0n) is 35.3. The molecule has 0 saturated heterocycles. The number of hydrogen-bond donors (Lipinski definition) is 0. The van der Waals surface area contributed by atoms with Gasteiger partial charge >= 0.3 is 0 Å². The van der Waals surface area contributed by atoms with Gasteiger partial charge in [0.25, 0.3) is 0 Å². The first-order chi connectivity index (χ1) is 32.2. The van der Waals surface area contributed by atoms with Crippen LogP contribution in [0.15, 0.2) is 250 Å². The maximum atomic E-state index is 2.64. The molecule has 0 saturated carbocycles. The van der Waals surface area contributed by atoms with Gasteiger partial charge in [-0.1, -0.05) is 230 Å². The summed E-state index contributed by atoms with van der Waals surface area (Å²) in [5, 5.41) is 0. The summed E-state index contributed by atoms with van der Waals surface area (Å²) in [4.78, 5) is 5.28. The predicted molar refractivity (Wildman–Crippen MR) is 267 cm³/mol. The Kier molecular flexibility index (Phi) is 7.26. The van der Waals surface area contributed by atoms with Crippen LogP contribution in [0.5, 0.6) is 0 Å². The van der Waals surface area contributed by atoms with Crippen LogP contribution in [-0.2, 0) is 16.2 Å². The molecule has 0 atom stereocenters. The molecule has 10 aromatic rings. The van der Waals surface area contributed by atoms with E-state index in [-0.39, 0.29) is 0 Å². The highest BCUT2D eigenvalue weighted by Crippen LogP contribution is 2.66. The molecule has 0 bridgehead atoms. The smallest absolute Gasteiger partial charge is 0.0735 e. The first-order valence-corrected chi connectivity index (χ1v) is 24.3. The summed E-state index contributed by atoms with van der Waals surface area (Å²) >= 11 is 3.81. The SMILES string of the molecule is c1ccc2c(c1)Sc1ccccc1C21c2ccccc2-c2ccc(C3(c4ccc5c(c4)C4(c6ccccc6Sc6ccccc64)c4ccccc4-5)c4ccccc4-c4ccccc43)cc21. The van der Waals surface area contributed by atoms with Gasteiger partial charge in [0, 0.05) is 19.6 Å². The second kappa shape index (κ2) is 13.0. The average Bonchev–Trinajstić information content (AvgIpc) is 3.95. The van der Waals surface area contributed by atoms with Crippen LogP contribution in [0.25, 0.3) is 33.4 Å². The standard InChI is InChI=1S/C63H38S2/c1-5-21-47-41(17-1)42-18-2-6-22-48(42)61(47,39-33-35-45-43-19-3-7-23-49(43)62(55(45)37-39)51-25-9-13-29-57(51)64-58-30-14-10-26-52(58)62)40-34-36-46-44-20-4-8-24-50(44)63(56(46)38-40)53-27-11-15-31-59(53)65-60-32-16-12-28-54(60)63/h1-38H. The maximum absolute atomic E-state index is 2.64. The van der Waals surface area contributed by atoms with E-state index < -0.39 is 16.2 Å². The van der Waals surface area contributed by atoms with E-state index in [1.165, 1.54) is 120 Å². The molecule has 0 amide bonds. The Balaban J connectivity index is 1.08. The minimum Gasteiger partial charge on any atom is -0.0894 e. The van der Waals surface area contributed by atoms with E-state index in [0.717, 1.165) is 0 Å². The number of rotatable bonds is 2. The summed E-state index contributed by atoms with van der Waals surface area (Å²) in [5.41, 5.74) is 22.4. The third-order valence-corrected chi connectivity index (χ3v) is 17.8. The van der Waals surface area contributed by atoms with Gasteiger partial charge in [0.1, 0.15) is 0 Å². The minimum atomic E-state index is -0.631. The summed E-state index contributed by atoms with van der Waals surface area (Å²) in [6.07, 6.45) is 0. The summed E-state index contributed by atoms with van der Waals surface area (Å²) in [6.45, 7) is 0. The van der Waals surface area contributed by atoms with Crippen LogP contribution in [0, 0.1) is 0 Å². The van der Waals surface area contributed by atoms with E-state index in [0.29, 0.717) is 0 Å². The van der Waals surface area contributed by atoms with Gasteiger partial charge < -0.3 is 0 Å². The molecular formula is C63H38S2. The van der Waals surface area contributed by atoms with Crippen LogP contribution in [0.4, 0.5) is 0 Å². The highest BCUT2D eigenvalue weighted by molar-refractivity contribution is 7.99. The maximum Gasteiger partial charge on any atom is 0.0735 e. The van der Waals surface area contributed by atoms with Crippen LogP contribution < -0.4 is 0 Å². The summed E-state index contributed by atoms with van der Waals surface area (Å²) in [6, 6.07) is 88.6. The van der Waals surface area contributed by atoms with Crippen LogP contribution in [0.1, 0.15) is 66.8 Å². The van der Waals surface area contributed by atoms with Crippen molar-refractivity contribution in [2.75, 3.05) is 0 Å². The third kappa shape index (κ3) is 4.33. The Bertz CT molecular complexity index is 3370. The molecular weight excluding hydrogens is 821 g/mol. The van der Waals surface area contributed by atoms with Gasteiger partial charge in [0.2, 0.25) is 0 Å². The Morgan fingerprint density at radius 1 is 0.200 bits per heavy atom. The largest absolute Gasteiger partial charge is 0.0894 e. The molecule has 2 aliphatic heterocycles. The van der Waals surface area contributed by atoms with E-state index >= 15 is 0 Å². The van der Waals surface area contributed by atoms with Gasteiger partial charge in [0.15, 0.2) is 0 Å². The Morgan fingerprint density at radius 2 is 0.446 bits per heavy atom. The van der Waals surface area contributed by atoms with Crippen LogP contribution in [-0.4, -0.2) is 0 Å². The summed E-state index contributed by atoms with van der Waals surface area (Å²) in [5.74, 6) is 0. The fraction of sp³-hybridized carbons (Fsp3) is 0.0476. The van der Waals surface area contributed by atoms with E-state index in [9.17, 15) is 0 Å². The quantitative estimate of drug-likeness (QED) is 0.170. The third-order valence-electron chi connectivity index (χ3n) is 15.5. The molecule has 302 valence electrons. The molecule has 0 nitrogen and oxygen atoms in total. The fourth-order valence-electron chi connectivity index (χ4n) is 13.2. The lowest BCUT2D eigenvalue weighted by molar-refractivity contribution is 0.705. The topological polar surface area (TPSA) is 0 Å². The zero-order chi connectivity index (χ0) is 42.5. The van der Waals surface area contributed by atoms with Crippen molar-refractivity contribution in [3.05, 3.63) is 297 Å². The highest BCUT2D eigenvalue weighted by Gasteiger charge is 2.55. The molecule has 3 aliphatic carbocycles. The number of hydrogen-bond acceptors (Lipinski definition) is 2. The van der Waals surface area contributed by atoms with Crippen molar-refractivity contribution in [2.24, 2.45) is 0 Å². The molecule has 0 radical (unpaired) electrons. The van der Waals surface area contributed by atoms with E-state index in [4.69, 9.17) is 0 Å². The normalized spacial score (nSPS) is 15.9. The Labute approximate surface area is 387 Å². The summed E-state index contributed by atoms with van der Waals surface area (Å²) < 4.78 is 0. The monoisotopic (exact) mass is 858 g/mol. The van der Waals surface area contributed by atoms with Gasteiger partial charge in [-0.15, -0.1) is 0 Å². The molecule has 2 heterocycles. The number of benzene rings is 10. The molecule has 0 aromatic heterocycles. The fourth-order valence-corrected chi connectivity index (χ4v) is 15.6. The molecule has 2 spiro atoms. The molecule has 10 aromatic carbocycles. The van der Waals surface area contributed by atoms with Crippen molar-refractivity contribution in [1.82, 2.24) is 0 Å². The highest BCUT2D eigenvalue weighted by atomic mass is 32.2. The van der Waals surface area contributed by atoms with Crippen LogP contribution >= 0.6 is 23.5 Å². The first-order valence-electron chi connectivity index (χ1n) is 22.7. The van der Waals surface area contributed by atoms with Crippen molar-refractivity contribution in [3.8, 4) is 33.4 Å². The van der Waals surface area contributed by atoms with Gasteiger partial charge in [-0.05, 0) is 124 Å². The lowest BCUT2D eigenvalue weighted by Crippen LogP contribution is -2.34. The van der Waals surface area contributed by atoms with Crippen molar-refractivity contribution in [3.63, 3.8) is 0 Å². The van der Waals surface area contributed by atoms with Gasteiger partial charge in [-0.3, -0.25) is 0 Å². The van der Waals surface area contributed by atoms with Crippen molar-refractivity contribution < 1.29 is 0 Å². The first kappa shape index (κ1) is 36.3. The van der Waals surface area contributed by atoms with Crippen molar-refractivity contribution >= 4 is 23.5 Å².